The van der Waals surface area contributed by atoms with Crippen molar-refractivity contribution in [2.24, 2.45) is 0 Å². The molecule has 0 amide bonds. The molecule has 0 aliphatic carbocycles. The van der Waals surface area contributed by atoms with E-state index in [1.165, 1.54) is 12.1 Å². The van der Waals surface area contributed by atoms with Crippen molar-refractivity contribution in [2.75, 3.05) is 13.1 Å². The summed E-state index contributed by atoms with van der Waals surface area (Å²) in [5, 5.41) is 0. The molecule has 37 heavy (non-hydrogen) atoms. The van der Waals surface area contributed by atoms with Crippen LogP contribution in [-0.4, -0.2) is 36.9 Å². The van der Waals surface area contributed by atoms with Gasteiger partial charge in [-0.25, -0.2) is 22.7 Å². The molecule has 1 N–H and O–H groups in total. The van der Waals surface area contributed by atoms with E-state index in [2.05, 4.69) is 19.6 Å². The summed E-state index contributed by atoms with van der Waals surface area (Å²) in [6.07, 6.45) is 5.35. The maximum Gasteiger partial charge on any atom is 0.212 e. The number of likely N-dealkylation sites (tertiary alicyclic amines) is 1. The summed E-state index contributed by atoms with van der Waals surface area (Å²) in [6, 6.07) is 10.7. The number of pyridine rings is 2. The van der Waals surface area contributed by atoms with Crippen molar-refractivity contribution in [3.8, 4) is 0 Å². The van der Waals surface area contributed by atoms with Crippen molar-refractivity contribution in [1.82, 2.24) is 19.6 Å². The Labute approximate surface area is 219 Å². The zero-order valence-electron chi connectivity index (χ0n) is 21.6. The molecule has 1 aliphatic heterocycles. The van der Waals surface area contributed by atoms with Crippen molar-refractivity contribution in [1.29, 1.82) is 0 Å². The first-order valence-corrected chi connectivity index (χ1v) is 13.5. The van der Waals surface area contributed by atoms with Crippen molar-refractivity contribution in [2.45, 2.75) is 63.3 Å². The van der Waals surface area contributed by atoms with Gasteiger partial charge >= 0.3 is 0 Å². The van der Waals surface area contributed by atoms with Gasteiger partial charge in [0.1, 0.15) is 0 Å². The number of piperidine rings is 1. The summed E-state index contributed by atoms with van der Waals surface area (Å²) in [4.78, 5) is 10.8. The Morgan fingerprint density at radius 2 is 1.68 bits per heavy atom. The molecule has 1 aliphatic rings. The predicted molar refractivity (Wildman–Crippen MR) is 140 cm³/mol. The molecule has 1 saturated heterocycles. The fourth-order valence-corrected chi connectivity index (χ4v) is 5.43. The first kappa shape index (κ1) is 27.4. The van der Waals surface area contributed by atoms with Gasteiger partial charge in [-0.2, -0.15) is 4.39 Å². The van der Waals surface area contributed by atoms with E-state index in [0.29, 0.717) is 17.2 Å². The number of hydrogen-bond acceptors (Lipinski definition) is 4. The molecule has 4 rings (SSSR count). The van der Waals surface area contributed by atoms with E-state index in [1.807, 2.05) is 39.0 Å². The number of nitrogens with one attached hydrogen (secondary N) is 1. The number of hydrogen-bond donors (Lipinski definition) is 1. The highest BCUT2D eigenvalue weighted by Gasteiger charge is 2.36. The second-order valence-electron chi connectivity index (χ2n) is 10.8. The molecule has 3 heterocycles. The third-order valence-electron chi connectivity index (χ3n) is 6.90. The SMILES string of the molecule is CC(C)(C)[S@](=O)N[C@](C)(c1ccc(F)c(F)c1)c1ccc(CN2CCC(c3ccc(F)nc3)CC2)cn1. The molecular weight excluding hydrogens is 497 g/mol. The lowest BCUT2D eigenvalue weighted by molar-refractivity contribution is 0.204. The largest absolute Gasteiger partial charge is 0.299 e. The lowest BCUT2D eigenvalue weighted by Gasteiger charge is -2.34. The minimum absolute atomic E-state index is 0.372. The van der Waals surface area contributed by atoms with Crippen LogP contribution < -0.4 is 4.72 Å². The Kier molecular flexibility index (Phi) is 8.16. The Balaban J connectivity index is 1.49. The topological polar surface area (TPSA) is 58.1 Å². The maximum atomic E-state index is 14.2. The highest BCUT2D eigenvalue weighted by Crippen LogP contribution is 2.32. The first-order chi connectivity index (χ1) is 17.5. The quantitative estimate of drug-likeness (QED) is 0.405. The number of rotatable bonds is 7. The summed E-state index contributed by atoms with van der Waals surface area (Å²) in [6.45, 7) is 9.84. The lowest BCUT2D eigenvalue weighted by atomic mass is 9.88. The van der Waals surface area contributed by atoms with Gasteiger partial charge in [-0.1, -0.05) is 18.2 Å². The molecule has 5 nitrogen and oxygen atoms in total. The van der Waals surface area contributed by atoms with Crippen LogP contribution in [0.1, 0.15) is 68.8 Å². The predicted octanol–water partition coefficient (Wildman–Crippen LogP) is 5.59. The van der Waals surface area contributed by atoms with Gasteiger partial charge in [0.2, 0.25) is 5.95 Å². The van der Waals surface area contributed by atoms with Crippen LogP contribution in [0.4, 0.5) is 13.2 Å². The summed E-state index contributed by atoms with van der Waals surface area (Å²) in [5.41, 5.74) is 1.98. The van der Waals surface area contributed by atoms with Crippen LogP contribution in [0.15, 0.2) is 54.9 Å². The zero-order valence-corrected chi connectivity index (χ0v) is 22.4. The third kappa shape index (κ3) is 6.45. The van der Waals surface area contributed by atoms with Crippen LogP contribution >= 0.6 is 0 Å². The fourth-order valence-electron chi connectivity index (χ4n) is 4.53. The molecule has 2 aromatic heterocycles. The minimum Gasteiger partial charge on any atom is -0.299 e. The van der Waals surface area contributed by atoms with E-state index in [1.54, 1.807) is 19.3 Å². The monoisotopic (exact) mass is 530 g/mol. The second kappa shape index (κ2) is 11.0. The minimum atomic E-state index is -1.49. The normalized spacial score (nSPS) is 17.9. The molecule has 0 spiro atoms. The van der Waals surface area contributed by atoms with Gasteiger partial charge in [-0.3, -0.25) is 9.88 Å². The van der Waals surface area contributed by atoms with E-state index >= 15 is 0 Å². The van der Waals surface area contributed by atoms with Crippen molar-refractivity contribution in [3.05, 3.63) is 94.8 Å². The van der Waals surface area contributed by atoms with Crippen LogP contribution in [-0.2, 0) is 23.1 Å². The molecule has 9 heteroatoms. The van der Waals surface area contributed by atoms with Gasteiger partial charge in [-0.15, -0.1) is 0 Å². The molecule has 198 valence electrons. The molecule has 2 atom stereocenters. The molecule has 0 unspecified atom stereocenters. The molecule has 0 saturated carbocycles. The Morgan fingerprint density at radius 3 is 2.24 bits per heavy atom. The van der Waals surface area contributed by atoms with Crippen LogP contribution in [0.25, 0.3) is 0 Å². The van der Waals surface area contributed by atoms with Crippen molar-refractivity contribution < 1.29 is 17.4 Å². The van der Waals surface area contributed by atoms with E-state index in [0.717, 1.165) is 55.7 Å². The Morgan fingerprint density at radius 1 is 0.946 bits per heavy atom. The van der Waals surface area contributed by atoms with Gasteiger partial charge < -0.3 is 0 Å². The van der Waals surface area contributed by atoms with E-state index < -0.39 is 38.9 Å². The Bertz CT molecular complexity index is 1240. The average Bonchev–Trinajstić information content (AvgIpc) is 2.86. The van der Waals surface area contributed by atoms with E-state index in [9.17, 15) is 17.4 Å². The summed E-state index contributed by atoms with van der Waals surface area (Å²) < 4.78 is 56.5. The van der Waals surface area contributed by atoms with Crippen molar-refractivity contribution in [3.63, 3.8) is 0 Å². The van der Waals surface area contributed by atoms with Crippen LogP contribution in [0.5, 0.6) is 0 Å². The molecule has 3 aromatic rings. The summed E-state index contributed by atoms with van der Waals surface area (Å²) in [7, 11) is -1.49. The van der Waals surface area contributed by atoms with Crippen molar-refractivity contribution >= 4 is 11.0 Å². The standard InChI is InChI=1S/C28H33F3N4OS/c1-27(2,3)37(36)34-28(4,22-7-8-23(29)24(30)15-22)25-9-5-19(16-32-25)18-35-13-11-20(12-14-35)21-6-10-26(31)33-17-21/h5-10,15-17,20,34H,11-14,18H2,1-4H3/t28-,37+/m1/s1. The molecule has 0 bridgehead atoms. The van der Waals surface area contributed by atoms with Gasteiger partial charge in [-0.05, 0) is 100 Å². The van der Waals surface area contributed by atoms with Crippen LogP contribution in [0, 0.1) is 17.6 Å². The second-order valence-corrected chi connectivity index (χ2v) is 12.7. The summed E-state index contributed by atoms with van der Waals surface area (Å²) in [5.74, 6) is -2.00. The number of halogens is 3. The Hall–Kier alpha value is -2.62. The van der Waals surface area contributed by atoms with Gasteiger partial charge in [0, 0.05) is 18.9 Å². The first-order valence-electron chi connectivity index (χ1n) is 12.4. The molecular formula is C28H33F3N4OS. The third-order valence-corrected chi connectivity index (χ3v) is 8.61. The molecule has 1 fully saturated rings. The highest BCUT2D eigenvalue weighted by atomic mass is 32.2. The van der Waals surface area contributed by atoms with E-state index in [-0.39, 0.29) is 0 Å². The molecule has 0 radical (unpaired) electrons. The number of nitrogens with zero attached hydrogens (tertiary/aromatic N) is 3. The summed E-state index contributed by atoms with van der Waals surface area (Å²) >= 11 is 0. The van der Waals surface area contributed by atoms with Gasteiger partial charge in [0.05, 0.1) is 27.0 Å². The number of benzene rings is 1. The zero-order chi connectivity index (χ0) is 26.8. The average molecular weight is 531 g/mol. The fraction of sp³-hybridized carbons (Fsp3) is 0.429. The van der Waals surface area contributed by atoms with Gasteiger partial charge in [0.15, 0.2) is 11.6 Å². The highest BCUT2D eigenvalue weighted by molar-refractivity contribution is 7.84. The van der Waals surface area contributed by atoms with Crippen LogP contribution in [0.2, 0.25) is 0 Å². The van der Waals surface area contributed by atoms with Crippen LogP contribution in [0.3, 0.4) is 0 Å². The van der Waals surface area contributed by atoms with E-state index in [4.69, 9.17) is 0 Å². The lowest BCUT2D eigenvalue weighted by Crippen LogP contribution is -2.47. The van der Waals surface area contributed by atoms with Gasteiger partial charge in [0.25, 0.3) is 0 Å². The number of aromatic nitrogens is 2. The smallest absolute Gasteiger partial charge is 0.212 e. The molecule has 1 aromatic carbocycles. The maximum absolute atomic E-state index is 14.2.